The van der Waals surface area contributed by atoms with Gasteiger partial charge in [-0.05, 0) is 42.7 Å². The summed E-state index contributed by atoms with van der Waals surface area (Å²) >= 11 is 0. The molecule has 0 radical (unpaired) electrons. The van der Waals surface area contributed by atoms with Crippen LogP contribution in [0.2, 0.25) is 0 Å². The maximum absolute atomic E-state index is 13.5. The number of nitrogens with one attached hydrogen (secondary N) is 1. The highest BCUT2D eigenvalue weighted by Gasteiger charge is 2.22. The number of halogens is 1. The van der Waals surface area contributed by atoms with Crippen molar-refractivity contribution in [1.82, 2.24) is 19.8 Å². The number of aromatic nitrogens is 2. The van der Waals surface area contributed by atoms with Crippen molar-refractivity contribution in [2.24, 2.45) is 0 Å². The highest BCUT2D eigenvalue weighted by atomic mass is 19.1. The zero-order chi connectivity index (χ0) is 24.2. The highest BCUT2D eigenvalue weighted by Crippen LogP contribution is 2.24. The first-order valence-electron chi connectivity index (χ1n) is 12.5. The minimum atomic E-state index is -0.323. The van der Waals surface area contributed by atoms with Crippen molar-refractivity contribution in [2.45, 2.75) is 44.7 Å². The molecule has 184 valence electrons. The summed E-state index contributed by atoms with van der Waals surface area (Å²) in [6.07, 6.45) is 6.97. The van der Waals surface area contributed by atoms with Gasteiger partial charge in [0, 0.05) is 49.4 Å². The largest absolute Gasteiger partial charge is 0.379 e. The molecular formula is C27H31FN4O3. The molecule has 35 heavy (non-hydrogen) atoms. The van der Waals surface area contributed by atoms with Crippen LogP contribution in [0.4, 0.5) is 4.39 Å². The number of carbonyl (C=O) groups excluding carboxylic acids is 1. The highest BCUT2D eigenvalue weighted by molar-refractivity contribution is 5.97. The molecule has 0 spiro atoms. The van der Waals surface area contributed by atoms with Crippen LogP contribution in [0.25, 0.3) is 22.2 Å². The summed E-state index contributed by atoms with van der Waals surface area (Å²) in [6, 6.07) is 9.89. The van der Waals surface area contributed by atoms with E-state index in [-0.39, 0.29) is 28.9 Å². The molecule has 1 aromatic carbocycles. The number of amides is 1. The number of rotatable bonds is 6. The van der Waals surface area contributed by atoms with Crippen LogP contribution < -0.4 is 10.9 Å². The van der Waals surface area contributed by atoms with Gasteiger partial charge in [0.1, 0.15) is 17.0 Å². The molecule has 1 aliphatic carbocycles. The normalized spacial score (nSPS) is 17.5. The van der Waals surface area contributed by atoms with Gasteiger partial charge in [-0.15, -0.1) is 0 Å². The van der Waals surface area contributed by atoms with Crippen LogP contribution in [0.1, 0.15) is 42.5 Å². The van der Waals surface area contributed by atoms with E-state index in [9.17, 15) is 14.0 Å². The van der Waals surface area contributed by atoms with Gasteiger partial charge in [0.25, 0.3) is 11.5 Å². The Bertz CT molecular complexity index is 1250. The Hall–Kier alpha value is -3.10. The summed E-state index contributed by atoms with van der Waals surface area (Å²) in [5.41, 5.74) is 1.99. The fourth-order valence-electron chi connectivity index (χ4n) is 5.01. The molecular weight excluding hydrogens is 447 g/mol. The number of ether oxygens (including phenoxy) is 1. The third kappa shape index (κ3) is 5.44. The third-order valence-electron chi connectivity index (χ3n) is 7.03. The molecule has 3 aromatic rings. The predicted octanol–water partition coefficient (Wildman–Crippen LogP) is 3.60. The van der Waals surface area contributed by atoms with Crippen LogP contribution >= 0.6 is 0 Å². The summed E-state index contributed by atoms with van der Waals surface area (Å²) in [4.78, 5) is 33.6. The van der Waals surface area contributed by atoms with Crippen LogP contribution in [-0.4, -0.2) is 59.2 Å². The van der Waals surface area contributed by atoms with E-state index in [2.05, 4.69) is 15.2 Å². The van der Waals surface area contributed by atoms with Gasteiger partial charge in [0.05, 0.1) is 13.2 Å². The molecule has 2 fully saturated rings. The van der Waals surface area contributed by atoms with Gasteiger partial charge in [-0.1, -0.05) is 31.4 Å². The second-order valence-electron chi connectivity index (χ2n) is 9.42. The van der Waals surface area contributed by atoms with Crippen molar-refractivity contribution in [3.63, 3.8) is 0 Å². The fourth-order valence-corrected chi connectivity index (χ4v) is 5.01. The zero-order valence-electron chi connectivity index (χ0n) is 19.8. The molecule has 1 aliphatic heterocycles. The molecule has 0 bridgehead atoms. The molecule has 5 rings (SSSR count). The maximum atomic E-state index is 13.5. The molecule has 2 aromatic heterocycles. The van der Waals surface area contributed by atoms with Crippen molar-refractivity contribution in [3.05, 3.63) is 64.3 Å². The van der Waals surface area contributed by atoms with E-state index in [0.717, 1.165) is 49.9 Å². The van der Waals surface area contributed by atoms with Crippen LogP contribution in [0.3, 0.4) is 0 Å². The van der Waals surface area contributed by atoms with E-state index in [0.29, 0.717) is 37.3 Å². The van der Waals surface area contributed by atoms with Crippen molar-refractivity contribution in [2.75, 3.05) is 32.8 Å². The topological polar surface area (TPSA) is 76.5 Å². The minimum absolute atomic E-state index is 0.108. The summed E-state index contributed by atoms with van der Waals surface area (Å²) in [5.74, 6) is -0.628. The molecule has 0 atom stereocenters. The third-order valence-corrected chi connectivity index (χ3v) is 7.03. The van der Waals surface area contributed by atoms with Crippen LogP contribution in [0, 0.1) is 5.82 Å². The predicted molar refractivity (Wildman–Crippen MR) is 133 cm³/mol. The monoisotopic (exact) mass is 478 g/mol. The lowest BCUT2D eigenvalue weighted by molar-refractivity contribution is 0.0364. The lowest BCUT2D eigenvalue weighted by Gasteiger charge is -2.27. The van der Waals surface area contributed by atoms with Gasteiger partial charge in [-0.3, -0.25) is 19.1 Å². The number of nitrogens with zero attached hydrogens (tertiary/aromatic N) is 3. The molecule has 1 saturated carbocycles. The lowest BCUT2D eigenvalue weighted by atomic mass is 9.95. The van der Waals surface area contributed by atoms with Crippen LogP contribution in [0.5, 0.6) is 0 Å². The zero-order valence-corrected chi connectivity index (χ0v) is 19.8. The smallest absolute Gasteiger partial charge is 0.265 e. The molecule has 0 unspecified atom stereocenters. The number of carbonyl (C=O) groups is 1. The quantitative estimate of drug-likeness (QED) is 0.586. The van der Waals surface area contributed by atoms with Gasteiger partial charge < -0.3 is 10.1 Å². The molecule has 1 amide bonds. The standard InChI is InChI=1S/C27H31FN4O3/c28-22-8-6-19(7-9-22)21-16-20-17-24(26(33)30-23-4-2-1-3-5-23)27(34)32(25(20)29-18-21)11-10-31-12-14-35-15-13-31/h6-9,16-18,23H,1-5,10-15H2,(H,30,33). The first-order chi connectivity index (χ1) is 17.1. The van der Waals surface area contributed by atoms with Crippen molar-refractivity contribution in [3.8, 4) is 11.1 Å². The van der Waals surface area contributed by atoms with Crippen molar-refractivity contribution < 1.29 is 13.9 Å². The lowest BCUT2D eigenvalue weighted by Crippen LogP contribution is -2.42. The van der Waals surface area contributed by atoms with Crippen molar-refractivity contribution >= 4 is 16.9 Å². The van der Waals surface area contributed by atoms with Gasteiger partial charge >= 0.3 is 0 Å². The molecule has 1 N–H and O–H groups in total. The first-order valence-corrected chi connectivity index (χ1v) is 12.5. The van der Waals surface area contributed by atoms with E-state index in [1.54, 1.807) is 29.0 Å². The number of pyridine rings is 2. The second-order valence-corrected chi connectivity index (χ2v) is 9.42. The molecule has 1 saturated heterocycles. The molecule has 2 aliphatic rings. The molecule has 7 nitrogen and oxygen atoms in total. The number of fused-ring (bicyclic) bond motifs is 1. The van der Waals surface area contributed by atoms with Gasteiger partial charge in [-0.25, -0.2) is 9.37 Å². The van der Waals surface area contributed by atoms with Gasteiger partial charge in [-0.2, -0.15) is 0 Å². The van der Waals surface area contributed by atoms with E-state index >= 15 is 0 Å². The first kappa shape index (κ1) is 23.6. The molecule has 3 heterocycles. The average Bonchev–Trinajstić information content (AvgIpc) is 2.89. The summed E-state index contributed by atoms with van der Waals surface area (Å²) < 4.78 is 20.5. The number of benzene rings is 1. The van der Waals surface area contributed by atoms with Crippen LogP contribution in [0.15, 0.2) is 47.4 Å². The Labute approximate surface area is 203 Å². The SMILES string of the molecule is O=C(NC1CCCCC1)c1cc2cc(-c3ccc(F)cc3)cnc2n(CCN2CCOCC2)c1=O. The Morgan fingerprint density at radius 1 is 1.03 bits per heavy atom. The second kappa shape index (κ2) is 10.7. The number of hydrogen-bond acceptors (Lipinski definition) is 5. The van der Waals surface area contributed by atoms with E-state index in [1.165, 1.54) is 18.6 Å². The van der Waals surface area contributed by atoms with Gasteiger partial charge in [0.15, 0.2) is 0 Å². The summed E-state index contributed by atoms with van der Waals surface area (Å²) in [6.45, 7) is 4.10. The number of hydrogen-bond donors (Lipinski definition) is 1. The van der Waals surface area contributed by atoms with Crippen LogP contribution in [-0.2, 0) is 11.3 Å². The Kier molecular flexibility index (Phi) is 7.20. The Balaban J connectivity index is 1.51. The van der Waals surface area contributed by atoms with Crippen molar-refractivity contribution in [1.29, 1.82) is 0 Å². The molecule has 8 heteroatoms. The van der Waals surface area contributed by atoms with E-state index in [4.69, 9.17) is 4.74 Å². The Morgan fingerprint density at radius 2 is 1.77 bits per heavy atom. The summed E-state index contributed by atoms with van der Waals surface area (Å²) in [5, 5.41) is 3.79. The van der Waals surface area contributed by atoms with E-state index in [1.807, 2.05) is 6.07 Å². The fraction of sp³-hybridized carbons (Fsp3) is 0.444. The Morgan fingerprint density at radius 3 is 2.51 bits per heavy atom. The summed E-state index contributed by atoms with van der Waals surface area (Å²) in [7, 11) is 0. The minimum Gasteiger partial charge on any atom is -0.379 e. The number of morpholine rings is 1. The van der Waals surface area contributed by atoms with Gasteiger partial charge in [0.2, 0.25) is 0 Å². The maximum Gasteiger partial charge on any atom is 0.265 e. The average molecular weight is 479 g/mol. The van der Waals surface area contributed by atoms with E-state index < -0.39 is 0 Å².